The molecule has 0 heterocycles. The standard InChI is InChI=1S/C38H62N2O4/c1-10-40(11-2)22-12-21-39-31(42)25-23-35(7)28(34(5,6)30(25)41)15-16-37(9)29(35)14-13-26-27-24-33(3,4)17-19-38(27,32(43)44)20-18-36(26,37)8/h13,25,27-29H,10-12,14-24H2,1-9H3,(H,39,42)(H,43,44). The lowest BCUT2D eigenvalue weighted by molar-refractivity contribution is -0.195. The SMILES string of the molecule is CCN(CC)CCCNC(=O)C1CC2(C)C(CCC3(C)C2CC=C2C4CC(C)(C)CCC4(C(=O)O)CCC23C)C(C)(C)C1=O. The number of fused-ring (bicyclic) bond motifs is 7. The highest BCUT2D eigenvalue weighted by Gasteiger charge is 2.70. The van der Waals surface area contributed by atoms with Crippen LogP contribution in [0.1, 0.15) is 127 Å². The summed E-state index contributed by atoms with van der Waals surface area (Å²) in [6.07, 6.45) is 11.3. The lowest BCUT2D eigenvalue weighted by Crippen LogP contribution is -2.66. The van der Waals surface area contributed by atoms with Crippen LogP contribution in [0.15, 0.2) is 11.6 Å². The third kappa shape index (κ3) is 4.85. The van der Waals surface area contributed by atoms with E-state index in [0.717, 1.165) is 77.4 Å². The first kappa shape index (κ1) is 33.7. The maximum atomic E-state index is 14.0. The first-order chi connectivity index (χ1) is 20.4. The molecule has 8 unspecified atom stereocenters. The van der Waals surface area contributed by atoms with Gasteiger partial charge in [-0.05, 0) is 123 Å². The zero-order valence-corrected chi connectivity index (χ0v) is 29.4. The molecule has 4 saturated carbocycles. The van der Waals surface area contributed by atoms with E-state index in [2.05, 4.69) is 78.6 Å². The average Bonchev–Trinajstić information content (AvgIpc) is 2.95. The van der Waals surface area contributed by atoms with Gasteiger partial charge >= 0.3 is 5.97 Å². The van der Waals surface area contributed by atoms with E-state index in [4.69, 9.17) is 0 Å². The number of aliphatic carboxylic acids is 1. The maximum absolute atomic E-state index is 14.0. The summed E-state index contributed by atoms with van der Waals surface area (Å²) in [6, 6.07) is 0. The summed E-state index contributed by atoms with van der Waals surface area (Å²) < 4.78 is 0. The van der Waals surface area contributed by atoms with Crippen LogP contribution in [0, 0.1) is 56.2 Å². The van der Waals surface area contributed by atoms with E-state index in [9.17, 15) is 19.5 Å². The fourth-order valence-corrected chi connectivity index (χ4v) is 12.0. The first-order valence-electron chi connectivity index (χ1n) is 17.9. The van der Waals surface area contributed by atoms with Gasteiger partial charge in [0.15, 0.2) is 5.78 Å². The summed E-state index contributed by atoms with van der Waals surface area (Å²) in [6.45, 7) is 24.1. The monoisotopic (exact) mass is 610 g/mol. The number of carboxylic acid groups (broad SMARTS) is 1. The molecule has 5 aliphatic rings. The number of carboxylic acids is 1. The topological polar surface area (TPSA) is 86.7 Å². The molecule has 8 atom stereocenters. The number of nitrogens with one attached hydrogen (secondary N) is 1. The highest BCUT2D eigenvalue weighted by Crippen LogP contribution is 2.75. The van der Waals surface area contributed by atoms with Crippen molar-refractivity contribution in [1.29, 1.82) is 0 Å². The normalized spacial score (nSPS) is 42.3. The average molecular weight is 611 g/mol. The minimum absolute atomic E-state index is 0.00412. The van der Waals surface area contributed by atoms with Crippen LogP contribution in [0.25, 0.3) is 0 Å². The number of hydrogen-bond acceptors (Lipinski definition) is 4. The van der Waals surface area contributed by atoms with E-state index >= 15 is 0 Å². The van der Waals surface area contributed by atoms with Crippen molar-refractivity contribution in [2.24, 2.45) is 56.2 Å². The van der Waals surface area contributed by atoms with Crippen LogP contribution in [-0.4, -0.2) is 53.8 Å². The highest BCUT2D eigenvalue weighted by atomic mass is 16.4. The Labute approximate surface area is 267 Å². The molecule has 0 aromatic heterocycles. The largest absolute Gasteiger partial charge is 0.481 e. The lowest BCUT2D eigenvalue weighted by Gasteiger charge is -2.70. The Kier molecular flexibility index (Phi) is 8.59. The predicted octanol–water partition coefficient (Wildman–Crippen LogP) is 7.52. The summed E-state index contributed by atoms with van der Waals surface area (Å²) in [5.74, 6) is -0.488. The molecule has 2 N–H and O–H groups in total. The number of ketones is 1. The van der Waals surface area contributed by atoms with Crippen LogP contribution in [0.5, 0.6) is 0 Å². The molecular weight excluding hydrogens is 548 g/mol. The Morgan fingerprint density at radius 2 is 1.59 bits per heavy atom. The molecular formula is C38H62N2O4. The second-order valence-electron chi connectivity index (χ2n) is 17.7. The van der Waals surface area contributed by atoms with Gasteiger partial charge in [-0.25, -0.2) is 0 Å². The fraction of sp³-hybridized carbons (Fsp3) is 0.868. The number of amides is 1. The summed E-state index contributed by atoms with van der Waals surface area (Å²) in [5.41, 5.74) is 0.147. The molecule has 0 radical (unpaired) electrons. The molecule has 0 aromatic carbocycles. The molecule has 5 aliphatic carbocycles. The van der Waals surface area contributed by atoms with Crippen molar-refractivity contribution in [2.75, 3.05) is 26.2 Å². The number of hydrogen-bond donors (Lipinski definition) is 2. The Balaban J connectivity index is 1.46. The van der Waals surface area contributed by atoms with Crippen LogP contribution < -0.4 is 5.32 Å². The molecule has 1 amide bonds. The minimum atomic E-state index is -0.640. The maximum Gasteiger partial charge on any atom is 0.310 e. The first-order valence-corrected chi connectivity index (χ1v) is 17.9. The molecule has 248 valence electrons. The van der Waals surface area contributed by atoms with Crippen molar-refractivity contribution >= 4 is 17.7 Å². The zero-order chi connectivity index (χ0) is 32.5. The quantitative estimate of drug-likeness (QED) is 0.169. The molecule has 0 aliphatic heterocycles. The van der Waals surface area contributed by atoms with E-state index in [-0.39, 0.29) is 45.2 Å². The molecule has 0 bridgehead atoms. The molecule has 0 spiro atoms. The number of Topliss-reactive ketones (excluding diaryl/α,β-unsaturated/α-hetero) is 1. The van der Waals surface area contributed by atoms with Crippen molar-refractivity contribution in [2.45, 2.75) is 127 Å². The minimum Gasteiger partial charge on any atom is -0.481 e. The van der Waals surface area contributed by atoms with Gasteiger partial charge in [-0.15, -0.1) is 0 Å². The Bertz CT molecular complexity index is 1200. The van der Waals surface area contributed by atoms with Gasteiger partial charge in [0.25, 0.3) is 0 Å². The summed E-state index contributed by atoms with van der Waals surface area (Å²) >= 11 is 0. The number of carbonyl (C=O) groups excluding carboxylic acids is 2. The molecule has 5 rings (SSSR count). The van der Waals surface area contributed by atoms with Crippen molar-refractivity contribution in [1.82, 2.24) is 10.2 Å². The van der Waals surface area contributed by atoms with Gasteiger partial charge in [0.1, 0.15) is 0 Å². The molecule has 0 saturated heterocycles. The van der Waals surface area contributed by atoms with Crippen LogP contribution in [-0.2, 0) is 14.4 Å². The van der Waals surface area contributed by atoms with Crippen LogP contribution in [0.3, 0.4) is 0 Å². The summed E-state index contributed by atoms with van der Waals surface area (Å²) in [7, 11) is 0. The number of allylic oxidation sites excluding steroid dienone is 2. The van der Waals surface area contributed by atoms with Crippen LogP contribution in [0.4, 0.5) is 0 Å². The van der Waals surface area contributed by atoms with Crippen molar-refractivity contribution in [3.8, 4) is 0 Å². The van der Waals surface area contributed by atoms with E-state index in [1.165, 1.54) is 5.57 Å². The number of carbonyl (C=O) groups is 3. The Morgan fingerprint density at radius 1 is 0.932 bits per heavy atom. The van der Waals surface area contributed by atoms with Crippen LogP contribution >= 0.6 is 0 Å². The van der Waals surface area contributed by atoms with Crippen LogP contribution in [0.2, 0.25) is 0 Å². The van der Waals surface area contributed by atoms with Gasteiger partial charge in [-0.3, -0.25) is 14.4 Å². The van der Waals surface area contributed by atoms with Gasteiger partial charge in [0.05, 0.1) is 11.3 Å². The molecule has 44 heavy (non-hydrogen) atoms. The fourth-order valence-electron chi connectivity index (χ4n) is 12.0. The van der Waals surface area contributed by atoms with Gasteiger partial charge in [0.2, 0.25) is 5.91 Å². The predicted molar refractivity (Wildman–Crippen MR) is 176 cm³/mol. The number of nitrogens with zero attached hydrogens (tertiary/aromatic N) is 1. The highest BCUT2D eigenvalue weighted by molar-refractivity contribution is 6.04. The van der Waals surface area contributed by atoms with Gasteiger partial charge < -0.3 is 15.3 Å². The van der Waals surface area contributed by atoms with Gasteiger partial charge in [-0.2, -0.15) is 0 Å². The van der Waals surface area contributed by atoms with Crippen molar-refractivity contribution < 1.29 is 19.5 Å². The Morgan fingerprint density at radius 3 is 2.23 bits per heavy atom. The summed E-state index contributed by atoms with van der Waals surface area (Å²) in [5, 5.41) is 13.8. The van der Waals surface area contributed by atoms with Gasteiger partial charge in [-0.1, -0.05) is 74.0 Å². The van der Waals surface area contributed by atoms with Crippen molar-refractivity contribution in [3.05, 3.63) is 11.6 Å². The molecule has 6 heteroatoms. The van der Waals surface area contributed by atoms with E-state index < -0.39 is 22.7 Å². The lowest BCUT2D eigenvalue weighted by atomic mass is 9.33. The van der Waals surface area contributed by atoms with E-state index in [1.807, 2.05) is 0 Å². The second-order valence-corrected chi connectivity index (χ2v) is 17.7. The Hall–Kier alpha value is -1.69. The zero-order valence-electron chi connectivity index (χ0n) is 29.4. The van der Waals surface area contributed by atoms with Crippen molar-refractivity contribution in [3.63, 3.8) is 0 Å². The third-order valence-electron chi connectivity index (χ3n) is 15.0. The van der Waals surface area contributed by atoms with E-state index in [0.29, 0.717) is 18.9 Å². The van der Waals surface area contributed by atoms with Gasteiger partial charge in [0, 0.05) is 12.0 Å². The van der Waals surface area contributed by atoms with E-state index in [1.54, 1.807) is 0 Å². The third-order valence-corrected chi connectivity index (χ3v) is 15.0. The molecule has 0 aromatic rings. The summed E-state index contributed by atoms with van der Waals surface area (Å²) in [4.78, 5) is 43.1. The smallest absolute Gasteiger partial charge is 0.310 e. The second kappa shape index (κ2) is 11.2. The number of rotatable bonds is 8. The molecule has 4 fully saturated rings. The molecule has 6 nitrogen and oxygen atoms in total.